The van der Waals surface area contributed by atoms with Gasteiger partial charge < -0.3 is 10.4 Å². The largest absolute Gasteiger partial charge is 0.508 e. The fourth-order valence-electron chi connectivity index (χ4n) is 2.43. The highest BCUT2D eigenvalue weighted by Crippen LogP contribution is 2.24. The maximum Gasteiger partial charge on any atom is 0.224 e. The summed E-state index contributed by atoms with van der Waals surface area (Å²) in [5.41, 5.74) is 3.12. The van der Waals surface area contributed by atoms with Gasteiger partial charge in [-0.1, -0.05) is 18.2 Å². The van der Waals surface area contributed by atoms with E-state index >= 15 is 0 Å². The highest BCUT2D eigenvalue weighted by molar-refractivity contribution is 6.07. The molecule has 0 radical (unpaired) electrons. The molecule has 0 unspecified atom stereocenters. The molecular formula is C18H15NO3. The number of amides is 1. The van der Waals surface area contributed by atoms with Gasteiger partial charge in [-0.25, -0.2) is 0 Å². The van der Waals surface area contributed by atoms with Crippen molar-refractivity contribution in [1.29, 1.82) is 0 Å². The number of phenols is 1. The number of rotatable bonds is 3. The van der Waals surface area contributed by atoms with Crippen molar-refractivity contribution in [3.05, 3.63) is 65.2 Å². The zero-order chi connectivity index (χ0) is 15.5. The van der Waals surface area contributed by atoms with Crippen LogP contribution >= 0.6 is 0 Å². The van der Waals surface area contributed by atoms with Gasteiger partial charge in [-0.2, -0.15) is 0 Å². The van der Waals surface area contributed by atoms with Crippen LogP contribution in [0.2, 0.25) is 0 Å². The van der Waals surface area contributed by atoms with Crippen LogP contribution in [0.25, 0.3) is 6.08 Å². The Morgan fingerprint density at radius 1 is 1.14 bits per heavy atom. The van der Waals surface area contributed by atoms with E-state index < -0.39 is 0 Å². The molecule has 0 saturated carbocycles. The minimum Gasteiger partial charge on any atom is -0.508 e. The molecular weight excluding hydrogens is 278 g/mol. The van der Waals surface area contributed by atoms with Crippen LogP contribution in [0.3, 0.4) is 0 Å². The molecule has 0 aliphatic carbocycles. The molecule has 1 aliphatic rings. The average Bonchev–Trinajstić information content (AvgIpc) is 2.52. The second kappa shape index (κ2) is 5.85. The third-order valence-electron chi connectivity index (χ3n) is 3.58. The molecule has 4 heteroatoms. The summed E-state index contributed by atoms with van der Waals surface area (Å²) in [6.07, 6.45) is 4.25. The first kappa shape index (κ1) is 14.1. The Labute approximate surface area is 128 Å². The minimum absolute atomic E-state index is 0.00959. The van der Waals surface area contributed by atoms with Gasteiger partial charge in [-0.15, -0.1) is 0 Å². The first-order chi connectivity index (χ1) is 10.6. The van der Waals surface area contributed by atoms with Crippen LogP contribution in [0.5, 0.6) is 5.75 Å². The number of phenolic OH excluding ortho intramolecular Hbond substituents is 1. The summed E-state index contributed by atoms with van der Waals surface area (Å²) >= 11 is 0. The number of benzene rings is 2. The quantitative estimate of drug-likeness (QED) is 0.674. The molecule has 2 N–H and O–H groups in total. The van der Waals surface area contributed by atoms with E-state index in [1.54, 1.807) is 36.4 Å². The second-order valence-corrected chi connectivity index (χ2v) is 5.21. The van der Waals surface area contributed by atoms with E-state index in [0.717, 1.165) is 16.8 Å². The van der Waals surface area contributed by atoms with Crippen molar-refractivity contribution >= 4 is 23.5 Å². The van der Waals surface area contributed by atoms with Gasteiger partial charge in [0.2, 0.25) is 5.91 Å². The van der Waals surface area contributed by atoms with Gasteiger partial charge in [0.15, 0.2) is 5.78 Å². The van der Waals surface area contributed by atoms with E-state index in [1.807, 2.05) is 12.1 Å². The van der Waals surface area contributed by atoms with E-state index in [4.69, 9.17) is 0 Å². The lowest BCUT2D eigenvalue weighted by atomic mass is 9.98. The van der Waals surface area contributed by atoms with Crippen LogP contribution < -0.4 is 5.32 Å². The number of anilines is 1. The van der Waals surface area contributed by atoms with Crippen molar-refractivity contribution in [2.45, 2.75) is 12.8 Å². The number of fused-ring (bicyclic) bond motifs is 1. The van der Waals surface area contributed by atoms with Crippen LogP contribution in [0.4, 0.5) is 5.69 Å². The summed E-state index contributed by atoms with van der Waals surface area (Å²) in [4.78, 5) is 23.5. The summed E-state index contributed by atoms with van der Waals surface area (Å²) in [5, 5.41) is 12.2. The zero-order valence-corrected chi connectivity index (χ0v) is 11.9. The molecule has 1 aliphatic heterocycles. The van der Waals surface area contributed by atoms with Crippen LogP contribution in [0.15, 0.2) is 48.5 Å². The number of carbonyl (C=O) groups excluding carboxylic acids is 2. The molecule has 0 saturated heterocycles. The van der Waals surface area contributed by atoms with E-state index in [9.17, 15) is 14.7 Å². The molecule has 1 heterocycles. The summed E-state index contributed by atoms with van der Waals surface area (Å²) in [6.45, 7) is 0. The van der Waals surface area contributed by atoms with Crippen molar-refractivity contribution in [2.75, 3.05) is 5.32 Å². The summed E-state index contributed by atoms with van der Waals surface area (Å²) in [6, 6.07) is 12.0. The first-order valence-electron chi connectivity index (χ1n) is 7.06. The maximum absolute atomic E-state index is 12.2. The first-order valence-corrected chi connectivity index (χ1v) is 7.06. The van der Waals surface area contributed by atoms with E-state index in [-0.39, 0.29) is 17.4 Å². The second-order valence-electron chi connectivity index (χ2n) is 5.21. The van der Waals surface area contributed by atoms with E-state index in [2.05, 4.69) is 5.32 Å². The third-order valence-corrected chi connectivity index (χ3v) is 3.58. The number of nitrogens with one attached hydrogen (secondary N) is 1. The lowest BCUT2D eigenvalue weighted by Crippen LogP contribution is -2.19. The Balaban J connectivity index is 1.79. The summed E-state index contributed by atoms with van der Waals surface area (Å²) in [5.74, 6) is 0.0671. The monoisotopic (exact) mass is 293 g/mol. The number of hydrogen-bond donors (Lipinski definition) is 2. The van der Waals surface area contributed by atoms with Gasteiger partial charge in [-0.05, 0) is 54.0 Å². The number of ketones is 1. The van der Waals surface area contributed by atoms with Crippen LogP contribution in [-0.2, 0) is 11.2 Å². The molecule has 4 nitrogen and oxygen atoms in total. The van der Waals surface area contributed by atoms with Crippen LogP contribution in [0, 0.1) is 0 Å². The highest BCUT2D eigenvalue weighted by atomic mass is 16.3. The number of aromatic hydroxyl groups is 1. The van der Waals surface area contributed by atoms with Gasteiger partial charge in [0.05, 0.1) is 0 Å². The Kier molecular flexibility index (Phi) is 3.74. The van der Waals surface area contributed by atoms with Gasteiger partial charge in [-0.3, -0.25) is 9.59 Å². The molecule has 3 rings (SSSR count). The fraction of sp³-hybridized carbons (Fsp3) is 0.111. The van der Waals surface area contributed by atoms with Crippen molar-refractivity contribution in [2.24, 2.45) is 0 Å². The summed E-state index contributed by atoms with van der Waals surface area (Å²) in [7, 11) is 0. The molecule has 0 fully saturated rings. The number of aryl methyl sites for hydroxylation is 1. The molecule has 0 aromatic heterocycles. The average molecular weight is 293 g/mol. The molecule has 1 amide bonds. The van der Waals surface area contributed by atoms with Crippen LogP contribution in [-0.4, -0.2) is 16.8 Å². The fourth-order valence-corrected chi connectivity index (χ4v) is 2.43. The lowest BCUT2D eigenvalue weighted by Gasteiger charge is -2.16. The lowest BCUT2D eigenvalue weighted by molar-refractivity contribution is -0.116. The van der Waals surface area contributed by atoms with Gasteiger partial charge in [0, 0.05) is 17.7 Å². The van der Waals surface area contributed by atoms with Crippen LogP contribution in [0.1, 0.15) is 27.9 Å². The zero-order valence-electron chi connectivity index (χ0n) is 11.9. The molecule has 110 valence electrons. The van der Waals surface area contributed by atoms with E-state index in [1.165, 1.54) is 6.08 Å². The van der Waals surface area contributed by atoms with Gasteiger partial charge in [0.1, 0.15) is 5.75 Å². The Morgan fingerprint density at radius 2 is 2.00 bits per heavy atom. The predicted octanol–water partition coefficient (Wildman–Crippen LogP) is 3.17. The van der Waals surface area contributed by atoms with E-state index in [0.29, 0.717) is 18.4 Å². The molecule has 2 aromatic carbocycles. The molecule has 2 aromatic rings. The topological polar surface area (TPSA) is 66.4 Å². The third kappa shape index (κ3) is 3.06. The minimum atomic E-state index is -0.108. The number of carbonyl (C=O) groups is 2. The normalized spacial score (nSPS) is 13.7. The van der Waals surface area contributed by atoms with Crippen molar-refractivity contribution < 1.29 is 14.7 Å². The Morgan fingerprint density at radius 3 is 2.82 bits per heavy atom. The molecule has 22 heavy (non-hydrogen) atoms. The van der Waals surface area contributed by atoms with Crippen molar-refractivity contribution in [1.82, 2.24) is 0 Å². The Hall–Kier alpha value is -2.88. The summed E-state index contributed by atoms with van der Waals surface area (Å²) < 4.78 is 0. The number of hydrogen-bond acceptors (Lipinski definition) is 3. The smallest absolute Gasteiger partial charge is 0.224 e. The predicted molar refractivity (Wildman–Crippen MR) is 84.9 cm³/mol. The van der Waals surface area contributed by atoms with Gasteiger partial charge in [0.25, 0.3) is 0 Å². The van der Waals surface area contributed by atoms with Crippen molar-refractivity contribution in [3.63, 3.8) is 0 Å². The SMILES string of the molecule is O=C1CCc2cc(C(=O)/C=C\c3cccc(O)c3)ccc2N1. The molecule has 0 bridgehead atoms. The molecule has 0 spiro atoms. The highest BCUT2D eigenvalue weighted by Gasteiger charge is 2.15. The molecule has 0 atom stereocenters. The standard InChI is InChI=1S/C18H15NO3/c20-15-3-1-2-12(10-15)4-8-17(21)14-5-7-16-13(11-14)6-9-18(22)19-16/h1-5,7-8,10-11,20H,6,9H2,(H,19,22)/b8-4-. The van der Waals surface area contributed by atoms with Crippen molar-refractivity contribution in [3.8, 4) is 5.75 Å². The Bertz CT molecular complexity index is 778. The van der Waals surface area contributed by atoms with Gasteiger partial charge >= 0.3 is 0 Å². The number of allylic oxidation sites excluding steroid dienone is 1. The maximum atomic E-state index is 12.2.